The van der Waals surface area contributed by atoms with E-state index in [1.165, 1.54) is 0 Å². The number of amides is 2. The highest BCUT2D eigenvalue weighted by Gasteiger charge is 2.37. The Morgan fingerprint density at radius 3 is 2.62 bits per heavy atom. The van der Waals surface area contributed by atoms with Crippen molar-refractivity contribution in [3.63, 3.8) is 0 Å². The molecule has 0 aliphatic carbocycles. The van der Waals surface area contributed by atoms with Crippen LogP contribution < -0.4 is 4.90 Å². The summed E-state index contributed by atoms with van der Waals surface area (Å²) in [5, 5.41) is 9.68. The van der Waals surface area contributed by atoms with E-state index in [4.69, 9.17) is 4.74 Å². The summed E-state index contributed by atoms with van der Waals surface area (Å²) in [5.41, 5.74) is 1.59. The van der Waals surface area contributed by atoms with Crippen LogP contribution in [0.3, 0.4) is 0 Å². The molecule has 1 saturated heterocycles. The molecule has 2 heterocycles. The van der Waals surface area contributed by atoms with E-state index in [1.807, 2.05) is 30.3 Å². The van der Waals surface area contributed by atoms with Gasteiger partial charge < -0.3 is 14.5 Å². The van der Waals surface area contributed by atoms with Crippen LogP contribution in [-0.2, 0) is 14.3 Å². The molecule has 1 fully saturated rings. The molecule has 26 heavy (non-hydrogen) atoms. The molecule has 0 bridgehead atoms. The molecular weight excluding hydrogens is 330 g/mol. The molecule has 2 amide bonds. The lowest BCUT2D eigenvalue weighted by atomic mass is 10.0. The Labute approximate surface area is 153 Å². The highest BCUT2D eigenvalue weighted by molar-refractivity contribution is 6.37. The van der Waals surface area contributed by atoms with E-state index in [9.17, 15) is 14.9 Å². The lowest BCUT2D eigenvalue weighted by Crippen LogP contribution is -2.41. The molecule has 0 N–H and O–H groups in total. The summed E-state index contributed by atoms with van der Waals surface area (Å²) in [7, 11) is 0. The van der Waals surface area contributed by atoms with Crippen molar-refractivity contribution < 1.29 is 14.3 Å². The van der Waals surface area contributed by atoms with Crippen LogP contribution >= 0.6 is 0 Å². The molecule has 0 saturated carbocycles. The summed E-state index contributed by atoms with van der Waals surface area (Å²) in [6.07, 6.45) is 0.854. The molecule has 6 heteroatoms. The predicted octanol–water partition coefficient (Wildman–Crippen LogP) is 2.22. The highest BCUT2D eigenvalue weighted by atomic mass is 16.5. The van der Waals surface area contributed by atoms with Gasteiger partial charge in [-0.05, 0) is 18.4 Å². The summed E-state index contributed by atoms with van der Waals surface area (Å²) < 4.78 is 5.27. The van der Waals surface area contributed by atoms with E-state index >= 15 is 0 Å². The first-order valence-corrected chi connectivity index (χ1v) is 8.97. The zero-order valence-corrected chi connectivity index (χ0v) is 15.2. The fraction of sp³-hybridized carbons (Fsp3) is 0.450. The fourth-order valence-corrected chi connectivity index (χ4v) is 3.27. The van der Waals surface area contributed by atoms with Crippen LogP contribution in [-0.4, -0.2) is 49.6 Å². The van der Waals surface area contributed by atoms with Crippen LogP contribution in [0.4, 0.5) is 5.69 Å². The Hall–Kier alpha value is -2.65. The van der Waals surface area contributed by atoms with Gasteiger partial charge in [-0.3, -0.25) is 9.59 Å². The van der Waals surface area contributed by atoms with Gasteiger partial charge in [0.15, 0.2) is 0 Å². The summed E-state index contributed by atoms with van der Waals surface area (Å²) >= 11 is 0. The largest absolute Gasteiger partial charge is 0.378 e. The third kappa shape index (κ3) is 3.35. The third-order valence-electron chi connectivity index (χ3n) is 4.73. The Balaban J connectivity index is 2.01. The molecular formula is C20H23N3O3. The predicted molar refractivity (Wildman–Crippen MR) is 98.2 cm³/mol. The van der Waals surface area contributed by atoms with Gasteiger partial charge in [-0.25, -0.2) is 0 Å². The van der Waals surface area contributed by atoms with E-state index in [2.05, 4.69) is 13.8 Å². The normalized spacial score (nSPS) is 18.8. The first kappa shape index (κ1) is 18.2. The minimum Gasteiger partial charge on any atom is -0.378 e. The number of rotatable bonds is 4. The quantitative estimate of drug-likeness (QED) is 0.614. The van der Waals surface area contributed by atoms with E-state index in [1.54, 1.807) is 9.80 Å². The summed E-state index contributed by atoms with van der Waals surface area (Å²) in [4.78, 5) is 29.2. The number of ether oxygens (including phenoxy) is 1. The van der Waals surface area contributed by atoms with Crippen molar-refractivity contribution in [1.29, 1.82) is 5.26 Å². The molecule has 0 unspecified atom stereocenters. The van der Waals surface area contributed by atoms with Crippen molar-refractivity contribution in [3.05, 3.63) is 35.4 Å². The maximum atomic E-state index is 13.1. The monoisotopic (exact) mass is 353 g/mol. The van der Waals surface area contributed by atoms with Crippen molar-refractivity contribution in [3.8, 4) is 6.07 Å². The van der Waals surface area contributed by atoms with Crippen molar-refractivity contribution in [2.75, 3.05) is 37.7 Å². The lowest BCUT2D eigenvalue weighted by molar-refractivity contribution is -0.130. The number of nitrogens with zero attached hydrogens (tertiary/aromatic N) is 3. The number of carbonyl (C=O) groups is 2. The van der Waals surface area contributed by atoms with Crippen LogP contribution in [0.2, 0.25) is 0 Å². The Bertz CT molecular complexity index is 786. The summed E-state index contributed by atoms with van der Waals surface area (Å²) in [5.74, 6) is -0.196. The second kappa shape index (κ2) is 7.71. The Kier molecular flexibility index (Phi) is 5.38. The molecule has 3 rings (SSSR count). The van der Waals surface area contributed by atoms with E-state index in [-0.39, 0.29) is 23.0 Å². The number of hydrogen-bond donors (Lipinski definition) is 0. The van der Waals surface area contributed by atoms with Gasteiger partial charge in [-0.2, -0.15) is 5.26 Å². The smallest absolute Gasteiger partial charge is 0.265 e. The van der Waals surface area contributed by atoms with Gasteiger partial charge in [0.1, 0.15) is 11.6 Å². The van der Waals surface area contributed by atoms with Gasteiger partial charge in [-0.1, -0.05) is 32.0 Å². The number of fused-ring (bicyclic) bond motifs is 1. The zero-order chi connectivity index (χ0) is 18.7. The molecule has 0 spiro atoms. The summed E-state index contributed by atoms with van der Waals surface area (Å²) in [6, 6.07) is 9.37. The highest BCUT2D eigenvalue weighted by Crippen LogP contribution is 2.38. The maximum Gasteiger partial charge on any atom is 0.265 e. The molecule has 2 aliphatic heterocycles. The van der Waals surface area contributed by atoms with E-state index in [0.29, 0.717) is 44.3 Å². The van der Waals surface area contributed by atoms with E-state index in [0.717, 1.165) is 12.1 Å². The van der Waals surface area contributed by atoms with Crippen LogP contribution in [0.25, 0.3) is 5.57 Å². The molecule has 2 aliphatic rings. The van der Waals surface area contributed by atoms with Crippen molar-refractivity contribution >= 4 is 23.1 Å². The summed E-state index contributed by atoms with van der Waals surface area (Å²) in [6.45, 7) is 6.54. The van der Waals surface area contributed by atoms with Gasteiger partial charge in [0.2, 0.25) is 0 Å². The number of anilines is 1. The van der Waals surface area contributed by atoms with Crippen LogP contribution in [0.5, 0.6) is 0 Å². The molecule has 1 aromatic rings. The number of hydrogen-bond acceptors (Lipinski definition) is 4. The zero-order valence-electron chi connectivity index (χ0n) is 15.2. The van der Waals surface area contributed by atoms with Crippen molar-refractivity contribution in [1.82, 2.24) is 4.90 Å². The van der Waals surface area contributed by atoms with Crippen molar-refractivity contribution in [2.24, 2.45) is 5.92 Å². The van der Waals surface area contributed by atoms with Gasteiger partial charge in [0.25, 0.3) is 11.8 Å². The minimum absolute atomic E-state index is 0.0728. The molecule has 0 radical (unpaired) electrons. The van der Waals surface area contributed by atoms with E-state index < -0.39 is 0 Å². The topological polar surface area (TPSA) is 73.6 Å². The maximum absolute atomic E-state index is 13.1. The Morgan fingerprint density at radius 1 is 1.27 bits per heavy atom. The fourth-order valence-electron chi connectivity index (χ4n) is 3.27. The first-order valence-electron chi connectivity index (χ1n) is 8.97. The number of para-hydroxylation sites is 1. The molecule has 136 valence electrons. The van der Waals surface area contributed by atoms with Crippen molar-refractivity contribution in [2.45, 2.75) is 20.3 Å². The molecule has 0 atom stereocenters. The van der Waals surface area contributed by atoms with Crippen LogP contribution in [0.1, 0.15) is 25.8 Å². The van der Waals surface area contributed by atoms with Crippen LogP contribution in [0.15, 0.2) is 29.8 Å². The number of carbonyl (C=O) groups excluding carboxylic acids is 2. The van der Waals surface area contributed by atoms with Gasteiger partial charge in [0.05, 0.1) is 24.5 Å². The van der Waals surface area contributed by atoms with Gasteiger partial charge in [0, 0.05) is 25.2 Å². The number of benzene rings is 1. The second-order valence-corrected chi connectivity index (χ2v) is 6.92. The second-order valence-electron chi connectivity index (χ2n) is 6.92. The Morgan fingerprint density at radius 2 is 1.96 bits per heavy atom. The minimum atomic E-state index is -0.389. The average Bonchev–Trinajstić information content (AvgIpc) is 2.93. The van der Waals surface area contributed by atoms with Crippen LogP contribution in [0, 0.1) is 17.2 Å². The first-order chi connectivity index (χ1) is 12.5. The standard InChI is InChI=1S/C20H23N3O3/c1-14(2)7-8-23-17-6-4-3-5-15(17)18(20(23)25)16(13-21)19(24)22-9-11-26-12-10-22/h3-6,14H,7-12H2,1-2H3. The SMILES string of the molecule is CC(C)CCN1C(=O)C(=C(C#N)C(=O)N2CCOCC2)c2ccccc21. The average molecular weight is 353 g/mol. The molecule has 0 aromatic heterocycles. The number of morpholine rings is 1. The lowest BCUT2D eigenvalue weighted by Gasteiger charge is -2.26. The molecule has 1 aromatic carbocycles. The van der Waals surface area contributed by atoms with Gasteiger partial charge in [-0.15, -0.1) is 0 Å². The third-order valence-corrected chi connectivity index (χ3v) is 4.73. The number of nitriles is 1. The van der Waals surface area contributed by atoms with Gasteiger partial charge >= 0.3 is 0 Å². The molecule has 6 nitrogen and oxygen atoms in total.